The molecule has 0 aliphatic carbocycles. The van der Waals surface area contributed by atoms with Crippen LogP contribution in [0.25, 0.3) is 0 Å². The summed E-state index contributed by atoms with van der Waals surface area (Å²) in [5.41, 5.74) is 8.60. The number of thiazole rings is 1. The summed E-state index contributed by atoms with van der Waals surface area (Å²) < 4.78 is 6.27. The lowest BCUT2D eigenvalue weighted by Crippen LogP contribution is -2.15. The van der Waals surface area contributed by atoms with E-state index in [1.807, 2.05) is 18.2 Å². The summed E-state index contributed by atoms with van der Waals surface area (Å²) in [5.74, 6) is 0.818. The first kappa shape index (κ1) is 16.5. The molecule has 3 nitrogen and oxygen atoms in total. The molecule has 0 fully saturated rings. The van der Waals surface area contributed by atoms with Crippen LogP contribution in [0.5, 0.6) is 5.75 Å². The molecule has 21 heavy (non-hydrogen) atoms. The lowest BCUT2D eigenvalue weighted by molar-refractivity contribution is 0.413. The van der Waals surface area contributed by atoms with Gasteiger partial charge in [0.25, 0.3) is 0 Å². The number of hydrogen-bond donors (Lipinski definition) is 1. The molecule has 1 aromatic heterocycles. The van der Waals surface area contributed by atoms with E-state index < -0.39 is 0 Å². The Hall–Kier alpha value is -0.910. The van der Waals surface area contributed by atoms with Crippen molar-refractivity contribution in [3.63, 3.8) is 0 Å². The van der Waals surface area contributed by atoms with E-state index in [2.05, 4.69) is 42.1 Å². The van der Waals surface area contributed by atoms with E-state index in [0.717, 1.165) is 32.9 Å². The predicted octanol–water partition coefficient (Wildman–Crippen LogP) is 4.45. The van der Waals surface area contributed by atoms with Gasteiger partial charge in [0.15, 0.2) is 0 Å². The van der Waals surface area contributed by atoms with Gasteiger partial charge in [0.05, 0.1) is 17.8 Å². The molecule has 1 aromatic carbocycles. The number of nitrogens with two attached hydrogens (primary N) is 1. The third-order valence-corrected chi connectivity index (χ3v) is 4.91. The van der Waals surface area contributed by atoms with Gasteiger partial charge in [-0.3, -0.25) is 0 Å². The Morgan fingerprint density at radius 2 is 2.10 bits per heavy atom. The molecule has 5 heteroatoms. The first-order chi connectivity index (χ1) is 9.81. The molecule has 2 N–H and O–H groups in total. The molecule has 0 bridgehead atoms. The van der Waals surface area contributed by atoms with Crippen LogP contribution < -0.4 is 10.5 Å². The fourth-order valence-corrected chi connectivity index (χ4v) is 3.60. The van der Waals surface area contributed by atoms with E-state index in [0.29, 0.717) is 0 Å². The van der Waals surface area contributed by atoms with Crippen LogP contribution in [0.2, 0.25) is 0 Å². The molecule has 0 saturated carbocycles. The van der Waals surface area contributed by atoms with Crippen molar-refractivity contribution in [3.05, 3.63) is 44.3 Å². The molecule has 1 unspecified atom stereocenters. The van der Waals surface area contributed by atoms with Crippen LogP contribution in [-0.4, -0.2) is 12.1 Å². The molecule has 0 aliphatic rings. The summed E-state index contributed by atoms with van der Waals surface area (Å²) in [5, 5.41) is 3.20. The minimum absolute atomic E-state index is 0.0788. The van der Waals surface area contributed by atoms with E-state index in [-0.39, 0.29) is 11.5 Å². The van der Waals surface area contributed by atoms with Crippen LogP contribution in [0.15, 0.2) is 28.1 Å². The fraction of sp³-hybridized carbons (Fsp3) is 0.438. The first-order valence-electron chi connectivity index (χ1n) is 6.85. The molecule has 2 aromatic rings. The molecule has 0 aliphatic heterocycles. The molecular weight excluding hydrogens is 348 g/mol. The van der Waals surface area contributed by atoms with Gasteiger partial charge in [-0.15, -0.1) is 11.3 Å². The van der Waals surface area contributed by atoms with Crippen molar-refractivity contribution in [1.29, 1.82) is 0 Å². The molecule has 114 valence electrons. The van der Waals surface area contributed by atoms with Crippen molar-refractivity contribution in [2.75, 3.05) is 7.11 Å². The number of nitrogens with zero attached hydrogens (tertiary/aromatic N) is 1. The SMILES string of the molecule is COc1ccc(Br)c(C(N)Cc2nc(C(C)(C)C)cs2)c1. The maximum atomic E-state index is 6.35. The third-order valence-electron chi connectivity index (χ3n) is 3.32. The zero-order chi connectivity index (χ0) is 15.6. The fourth-order valence-electron chi connectivity index (χ4n) is 1.98. The largest absolute Gasteiger partial charge is 0.497 e. The Bertz CT molecular complexity index is 619. The topological polar surface area (TPSA) is 48.1 Å². The summed E-state index contributed by atoms with van der Waals surface area (Å²) in [6.07, 6.45) is 0.729. The maximum absolute atomic E-state index is 6.35. The number of rotatable bonds is 4. The van der Waals surface area contributed by atoms with Crippen molar-refractivity contribution >= 4 is 27.3 Å². The summed E-state index contributed by atoms with van der Waals surface area (Å²) in [7, 11) is 1.66. The van der Waals surface area contributed by atoms with Gasteiger partial charge in [0.2, 0.25) is 0 Å². The minimum Gasteiger partial charge on any atom is -0.497 e. The summed E-state index contributed by atoms with van der Waals surface area (Å²) in [6.45, 7) is 6.51. The van der Waals surface area contributed by atoms with Crippen LogP contribution in [0.1, 0.15) is 43.1 Å². The van der Waals surface area contributed by atoms with Crippen LogP contribution in [0.4, 0.5) is 0 Å². The maximum Gasteiger partial charge on any atom is 0.119 e. The van der Waals surface area contributed by atoms with Crippen LogP contribution >= 0.6 is 27.3 Å². The van der Waals surface area contributed by atoms with Gasteiger partial charge >= 0.3 is 0 Å². The van der Waals surface area contributed by atoms with Gasteiger partial charge in [0.1, 0.15) is 5.75 Å². The van der Waals surface area contributed by atoms with Crippen molar-refractivity contribution in [1.82, 2.24) is 4.98 Å². The monoisotopic (exact) mass is 368 g/mol. The second-order valence-electron chi connectivity index (χ2n) is 6.07. The molecule has 0 spiro atoms. The van der Waals surface area contributed by atoms with Gasteiger partial charge in [-0.05, 0) is 23.8 Å². The summed E-state index contributed by atoms with van der Waals surface area (Å²) in [4.78, 5) is 4.71. The lowest BCUT2D eigenvalue weighted by Gasteiger charge is -2.15. The van der Waals surface area contributed by atoms with Gasteiger partial charge in [-0.25, -0.2) is 4.98 Å². The van der Waals surface area contributed by atoms with E-state index in [9.17, 15) is 0 Å². The molecule has 0 radical (unpaired) electrons. The highest BCUT2D eigenvalue weighted by molar-refractivity contribution is 9.10. The zero-order valence-corrected chi connectivity index (χ0v) is 15.2. The average molecular weight is 369 g/mol. The first-order valence-corrected chi connectivity index (χ1v) is 8.52. The van der Waals surface area contributed by atoms with Gasteiger partial charge in [-0.1, -0.05) is 36.7 Å². The van der Waals surface area contributed by atoms with Crippen LogP contribution in [0.3, 0.4) is 0 Å². The molecule has 2 rings (SSSR count). The number of methoxy groups -OCH3 is 1. The summed E-state index contributed by atoms with van der Waals surface area (Å²) in [6, 6.07) is 5.76. The smallest absolute Gasteiger partial charge is 0.119 e. The van der Waals surface area contributed by atoms with Crippen molar-refractivity contribution in [2.45, 2.75) is 38.6 Å². The molecule has 1 atom stereocenters. The average Bonchev–Trinajstić information content (AvgIpc) is 2.87. The highest BCUT2D eigenvalue weighted by Gasteiger charge is 2.19. The third kappa shape index (κ3) is 4.05. The number of benzene rings is 1. The number of aromatic nitrogens is 1. The van der Waals surface area contributed by atoms with E-state index in [1.165, 1.54) is 0 Å². The van der Waals surface area contributed by atoms with Gasteiger partial charge < -0.3 is 10.5 Å². The van der Waals surface area contributed by atoms with E-state index in [4.69, 9.17) is 15.5 Å². The highest BCUT2D eigenvalue weighted by atomic mass is 79.9. The van der Waals surface area contributed by atoms with Crippen LogP contribution in [0, 0.1) is 0 Å². The minimum atomic E-state index is -0.103. The van der Waals surface area contributed by atoms with E-state index in [1.54, 1.807) is 18.4 Å². The molecule has 0 saturated heterocycles. The second-order valence-corrected chi connectivity index (χ2v) is 7.87. The standard InChI is InChI=1S/C16H21BrN2OS/c1-16(2,3)14-9-21-15(19-14)8-13(18)11-7-10(20-4)5-6-12(11)17/h5-7,9,13H,8,18H2,1-4H3. The number of hydrogen-bond acceptors (Lipinski definition) is 4. The summed E-state index contributed by atoms with van der Waals surface area (Å²) >= 11 is 5.24. The highest BCUT2D eigenvalue weighted by Crippen LogP contribution is 2.30. The molecule has 0 amide bonds. The van der Waals surface area contributed by atoms with Gasteiger partial charge in [-0.2, -0.15) is 0 Å². The zero-order valence-electron chi connectivity index (χ0n) is 12.8. The van der Waals surface area contributed by atoms with E-state index >= 15 is 0 Å². The van der Waals surface area contributed by atoms with Crippen molar-refractivity contribution in [2.24, 2.45) is 5.73 Å². The van der Waals surface area contributed by atoms with Gasteiger partial charge in [0, 0.05) is 27.7 Å². The Morgan fingerprint density at radius 3 is 2.67 bits per heavy atom. The Morgan fingerprint density at radius 1 is 1.38 bits per heavy atom. The number of halogens is 1. The second kappa shape index (κ2) is 6.46. The lowest BCUT2D eigenvalue weighted by atomic mass is 9.93. The number of ether oxygens (including phenoxy) is 1. The normalized spacial score (nSPS) is 13.2. The van der Waals surface area contributed by atoms with Crippen LogP contribution in [-0.2, 0) is 11.8 Å². The predicted molar refractivity (Wildman–Crippen MR) is 92.1 cm³/mol. The van der Waals surface area contributed by atoms with Crippen molar-refractivity contribution in [3.8, 4) is 5.75 Å². The molecule has 1 heterocycles. The Kier molecular flexibility index (Phi) is 5.07. The molecular formula is C16H21BrN2OS. The van der Waals surface area contributed by atoms with Crippen molar-refractivity contribution < 1.29 is 4.74 Å². The quantitative estimate of drug-likeness (QED) is 0.866. The Labute approximate surface area is 138 Å². The Balaban J connectivity index is 2.18.